The Balaban J connectivity index is 2.45. The summed E-state index contributed by atoms with van der Waals surface area (Å²) < 4.78 is 0. The van der Waals surface area contributed by atoms with Crippen molar-refractivity contribution in [2.24, 2.45) is 5.92 Å². The molecule has 0 aromatic carbocycles. The Kier molecular flexibility index (Phi) is 4.71. The summed E-state index contributed by atoms with van der Waals surface area (Å²) in [6.45, 7) is 6.03. The molecular formula is C12H21NO. The van der Waals surface area contributed by atoms with Gasteiger partial charge in [0.25, 0.3) is 0 Å². The highest BCUT2D eigenvalue weighted by atomic mass is 16.2. The van der Waals surface area contributed by atoms with E-state index in [0.29, 0.717) is 0 Å². The van der Waals surface area contributed by atoms with Crippen LogP contribution in [0.3, 0.4) is 0 Å². The monoisotopic (exact) mass is 195 g/mol. The molecule has 1 saturated heterocycles. The summed E-state index contributed by atoms with van der Waals surface area (Å²) in [5.41, 5.74) is 0. The molecule has 1 unspecified atom stereocenters. The number of hydrogen-bond donors (Lipinski definition) is 0. The quantitative estimate of drug-likeness (QED) is 0.620. The second-order valence-electron chi connectivity index (χ2n) is 4.03. The van der Waals surface area contributed by atoms with Crippen LogP contribution in [-0.4, -0.2) is 23.9 Å². The summed E-state index contributed by atoms with van der Waals surface area (Å²) in [6.07, 6.45) is 8.39. The van der Waals surface area contributed by atoms with Gasteiger partial charge in [-0.2, -0.15) is 0 Å². The van der Waals surface area contributed by atoms with Crippen LogP contribution in [-0.2, 0) is 4.79 Å². The van der Waals surface area contributed by atoms with Gasteiger partial charge in [0, 0.05) is 13.1 Å². The van der Waals surface area contributed by atoms with Crippen molar-refractivity contribution >= 4 is 5.91 Å². The lowest BCUT2D eigenvalue weighted by Gasteiger charge is -2.18. The number of likely N-dealkylation sites (tertiary alicyclic amines) is 1. The van der Waals surface area contributed by atoms with E-state index in [4.69, 9.17) is 0 Å². The normalized spacial score (nSPS) is 23.9. The second kappa shape index (κ2) is 5.84. The van der Waals surface area contributed by atoms with Crippen LogP contribution in [0.25, 0.3) is 0 Å². The Bertz CT molecular complexity index is 210. The van der Waals surface area contributed by atoms with Gasteiger partial charge in [-0.05, 0) is 38.2 Å². The molecule has 1 aliphatic rings. The number of rotatable bonds is 2. The topological polar surface area (TPSA) is 20.3 Å². The third kappa shape index (κ3) is 3.17. The molecular weight excluding hydrogens is 174 g/mol. The first-order chi connectivity index (χ1) is 6.77. The zero-order chi connectivity index (χ0) is 10.4. The van der Waals surface area contributed by atoms with Crippen molar-refractivity contribution in [1.82, 2.24) is 4.90 Å². The Labute approximate surface area is 87.0 Å². The molecule has 0 aliphatic carbocycles. The van der Waals surface area contributed by atoms with Gasteiger partial charge in [0.2, 0.25) is 5.91 Å². The molecule has 0 saturated carbocycles. The lowest BCUT2D eigenvalue weighted by Crippen LogP contribution is -2.30. The summed E-state index contributed by atoms with van der Waals surface area (Å²) >= 11 is 0. The maximum absolute atomic E-state index is 11.6. The van der Waals surface area contributed by atoms with E-state index in [-0.39, 0.29) is 5.91 Å². The van der Waals surface area contributed by atoms with Crippen LogP contribution < -0.4 is 0 Å². The first-order valence-corrected chi connectivity index (χ1v) is 5.69. The predicted octanol–water partition coefficient (Wildman–Crippen LogP) is 2.60. The molecule has 1 amide bonds. The SMILES string of the molecule is CC=CC(=O)N1CCCC(CC)CC1. The maximum atomic E-state index is 11.6. The molecule has 1 atom stereocenters. The standard InChI is InChI=1S/C12H21NO/c1-3-6-12(14)13-9-5-7-11(4-2)8-10-13/h3,6,11H,4-5,7-10H2,1-2H3. The van der Waals surface area contributed by atoms with Gasteiger partial charge in [-0.3, -0.25) is 4.79 Å². The van der Waals surface area contributed by atoms with Gasteiger partial charge < -0.3 is 4.90 Å². The molecule has 0 radical (unpaired) electrons. The molecule has 0 aromatic rings. The molecule has 0 aromatic heterocycles. The highest BCUT2D eigenvalue weighted by Gasteiger charge is 2.17. The minimum absolute atomic E-state index is 0.184. The lowest BCUT2D eigenvalue weighted by atomic mass is 9.98. The molecule has 1 aliphatic heterocycles. The fourth-order valence-corrected chi connectivity index (χ4v) is 2.04. The molecule has 1 fully saturated rings. The van der Waals surface area contributed by atoms with Gasteiger partial charge in [-0.25, -0.2) is 0 Å². The molecule has 0 bridgehead atoms. The number of allylic oxidation sites excluding steroid dienone is 1. The fourth-order valence-electron chi connectivity index (χ4n) is 2.04. The Morgan fingerprint density at radius 3 is 2.86 bits per heavy atom. The molecule has 1 heterocycles. The summed E-state index contributed by atoms with van der Waals surface area (Å²) in [4.78, 5) is 13.6. The molecule has 2 heteroatoms. The van der Waals surface area contributed by atoms with Crippen LogP contribution in [0, 0.1) is 5.92 Å². The van der Waals surface area contributed by atoms with E-state index in [0.717, 1.165) is 19.0 Å². The number of nitrogens with zero attached hydrogens (tertiary/aromatic N) is 1. The smallest absolute Gasteiger partial charge is 0.246 e. The van der Waals surface area contributed by atoms with Crippen molar-refractivity contribution in [3.05, 3.63) is 12.2 Å². The van der Waals surface area contributed by atoms with E-state index in [1.165, 1.54) is 25.7 Å². The summed E-state index contributed by atoms with van der Waals surface area (Å²) in [7, 11) is 0. The third-order valence-corrected chi connectivity index (χ3v) is 3.05. The zero-order valence-electron chi connectivity index (χ0n) is 9.33. The van der Waals surface area contributed by atoms with E-state index < -0.39 is 0 Å². The zero-order valence-corrected chi connectivity index (χ0v) is 9.33. The highest BCUT2D eigenvalue weighted by molar-refractivity contribution is 5.87. The average Bonchev–Trinajstić information content (AvgIpc) is 2.42. The lowest BCUT2D eigenvalue weighted by molar-refractivity contribution is -0.126. The number of amides is 1. The molecule has 80 valence electrons. The Hall–Kier alpha value is -0.790. The predicted molar refractivity (Wildman–Crippen MR) is 59.0 cm³/mol. The van der Waals surface area contributed by atoms with Crippen molar-refractivity contribution in [2.45, 2.75) is 39.5 Å². The third-order valence-electron chi connectivity index (χ3n) is 3.05. The van der Waals surface area contributed by atoms with Crippen molar-refractivity contribution in [3.63, 3.8) is 0 Å². The molecule has 14 heavy (non-hydrogen) atoms. The number of carbonyl (C=O) groups is 1. The largest absolute Gasteiger partial charge is 0.339 e. The van der Waals surface area contributed by atoms with Crippen molar-refractivity contribution in [1.29, 1.82) is 0 Å². The van der Waals surface area contributed by atoms with Crippen molar-refractivity contribution in [2.75, 3.05) is 13.1 Å². The number of carbonyl (C=O) groups excluding carboxylic acids is 1. The van der Waals surface area contributed by atoms with Crippen LogP contribution >= 0.6 is 0 Å². The summed E-state index contributed by atoms with van der Waals surface area (Å²) in [6, 6.07) is 0. The van der Waals surface area contributed by atoms with Crippen LogP contribution in [0.5, 0.6) is 0 Å². The molecule has 0 spiro atoms. The highest BCUT2D eigenvalue weighted by Crippen LogP contribution is 2.20. The Morgan fingerprint density at radius 2 is 2.21 bits per heavy atom. The van der Waals surface area contributed by atoms with Gasteiger partial charge in [-0.15, -0.1) is 0 Å². The van der Waals surface area contributed by atoms with Gasteiger partial charge in [0.1, 0.15) is 0 Å². The van der Waals surface area contributed by atoms with Gasteiger partial charge >= 0.3 is 0 Å². The fraction of sp³-hybridized carbons (Fsp3) is 0.750. The van der Waals surface area contributed by atoms with Gasteiger partial charge in [0.15, 0.2) is 0 Å². The first-order valence-electron chi connectivity index (χ1n) is 5.69. The maximum Gasteiger partial charge on any atom is 0.246 e. The number of hydrogen-bond acceptors (Lipinski definition) is 1. The van der Waals surface area contributed by atoms with Crippen LogP contribution in [0.2, 0.25) is 0 Å². The van der Waals surface area contributed by atoms with Crippen molar-refractivity contribution in [3.8, 4) is 0 Å². The minimum atomic E-state index is 0.184. The average molecular weight is 195 g/mol. The van der Waals surface area contributed by atoms with Crippen LogP contribution in [0.4, 0.5) is 0 Å². The van der Waals surface area contributed by atoms with E-state index in [9.17, 15) is 4.79 Å². The molecule has 2 nitrogen and oxygen atoms in total. The molecule has 1 rings (SSSR count). The van der Waals surface area contributed by atoms with E-state index >= 15 is 0 Å². The van der Waals surface area contributed by atoms with E-state index in [1.54, 1.807) is 6.08 Å². The second-order valence-corrected chi connectivity index (χ2v) is 4.03. The van der Waals surface area contributed by atoms with Crippen LogP contribution in [0.15, 0.2) is 12.2 Å². The van der Waals surface area contributed by atoms with E-state index in [2.05, 4.69) is 6.92 Å². The van der Waals surface area contributed by atoms with Gasteiger partial charge in [-0.1, -0.05) is 19.4 Å². The summed E-state index contributed by atoms with van der Waals surface area (Å²) in [5.74, 6) is 1.02. The van der Waals surface area contributed by atoms with E-state index in [1.807, 2.05) is 17.9 Å². The first kappa shape index (κ1) is 11.3. The van der Waals surface area contributed by atoms with Gasteiger partial charge in [0.05, 0.1) is 0 Å². The molecule has 0 N–H and O–H groups in total. The minimum Gasteiger partial charge on any atom is -0.339 e. The summed E-state index contributed by atoms with van der Waals surface area (Å²) in [5, 5.41) is 0. The van der Waals surface area contributed by atoms with Crippen molar-refractivity contribution < 1.29 is 4.79 Å². The van der Waals surface area contributed by atoms with Crippen LogP contribution in [0.1, 0.15) is 39.5 Å². The Morgan fingerprint density at radius 1 is 1.43 bits per heavy atom.